The summed E-state index contributed by atoms with van der Waals surface area (Å²) >= 11 is 11.6. The number of esters is 1. The molecule has 1 amide bonds. The average molecular weight is 380 g/mol. The number of anilines is 1. The Labute approximate surface area is 152 Å². The van der Waals surface area contributed by atoms with E-state index >= 15 is 0 Å². The van der Waals surface area contributed by atoms with Gasteiger partial charge in [0.1, 0.15) is 5.75 Å². The van der Waals surface area contributed by atoms with Crippen molar-refractivity contribution in [2.75, 3.05) is 18.5 Å². The van der Waals surface area contributed by atoms with Gasteiger partial charge in [0.05, 0.1) is 21.3 Å². The number of fused-ring (bicyclic) bond motifs is 1. The van der Waals surface area contributed by atoms with E-state index in [1.54, 1.807) is 6.07 Å². The van der Waals surface area contributed by atoms with Gasteiger partial charge in [-0.15, -0.1) is 0 Å². The van der Waals surface area contributed by atoms with Crippen molar-refractivity contribution in [2.24, 2.45) is 0 Å². The van der Waals surface area contributed by atoms with Gasteiger partial charge in [0.15, 0.2) is 19.0 Å². The van der Waals surface area contributed by atoms with Gasteiger partial charge in [-0.25, -0.2) is 4.79 Å². The molecule has 0 unspecified atom stereocenters. The molecule has 8 heteroatoms. The molecule has 0 aromatic heterocycles. The number of carbonyl (C=O) groups is 3. The maximum absolute atomic E-state index is 12.2. The fourth-order valence-corrected chi connectivity index (χ4v) is 2.48. The molecule has 0 atom stereocenters. The number of ketones is 1. The molecule has 0 radical (unpaired) electrons. The number of benzene rings is 2. The first-order valence-corrected chi connectivity index (χ1v) is 7.92. The highest BCUT2D eigenvalue weighted by molar-refractivity contribution is 6.42. The molecule has 3 rings (SSSR count). The topological polar surface area (TPSA) is 81.7 Å². The molecule has 1 aliphatic rings. The lowest BCUT2D eigenvalue weighted by Crippen LogP contribution is -2.25. The van der Waals surface area contributed by atoms with E-state index in [9.17, 15) is 14.4 Å². The highest BCUT2D eigenvalue weighted by Crippen LogP contribution is 2.28. The SMILES string of the molecule is O=C1COc2ccc(C(=O)COC(=O)c3ccc(Cl)c(Cl)c3)cc2N1. The second kappa shape index (κ2) is 7.13. The van der Waals surface area contributed by atoms with Gasteiger partial charge in [0.25, 0.3) is 5.91 Å². The molecule has 0 spiro atoms. The quantitative estimate of drug-likeness (QED) is 0.650. The molecule has 2 aromatic carbocycles. The number of hydrogen-bond acceptors (Lipinski definition) is 5. The summed E-state index contributed by atoms with van der Waals surface area (Å²) in [6.45, 7) is -0.520. The number of amides is 1. The van der Waals surface area contributed by atoms with Crippen LogP contribution in [0, 0.1) is 0 Å². The third kappa shape index (κ3) is 3.92. The van der Waals surface area contributed by atoms with E-state index in [1.165, 1.54) is 30.3 Å². The van der Waals surface area contributed by atoms with Crippen LogP contribution in [0.5, 0.6) is 5.75 Å². The molecule has 1 heterocycles. The molecule has 0 bridgehead atoms. The van der Waals surface area contributed by atoms with Crippen LogP contribution in [0.4, 0.5) is 5.69 Å². The second-order valence-electron chi connectivity index (χ2n) is 5.18. The summed E-state index contributed by atoms with van der Waals surface area (Å²) in [5, 5.41) is 3.13. The zero-order valence-corrected chi connectivity index (χ0v) is 14.2. The van der Waals surface area contributed by atoms with E-state index in [0.29, 0.717) is 16.5 Å². The van der Waals surface area contributed by atoms with Crippen molar-refractivity contribution in [3.63, 3.8) is 0 Å². The van der Waals surface area contributed by atoms with Gasteiger partial charge in [0.2, 0.25) is 0 Å². The Balaban J connectivity index is 1.66. The van der Waals surface area contributed by atoms with Crippen LogP contribution < -0.4 is 10.1 Å². The minimum atomic E-state index is -0.693. The summed E-state index contributed by atoms with van der Waals surface area (Å²) in [7, 11) is 0. The lowest BCUT2D eigenvalue weighted by molar-refractivity contribution is -0.118. The van der Waals surface area contributed by atoms with Crippen LogP contribution >= 0.6 is 23.2 Å². The van der Waals surface area contributed by atoms with Crippen LogP contribution in [0.1, 0.15) is 20.7 Å². The van der Waals surface area contributed by atoms with Crippen molar-refractivity contribution in [1.29, 1.82) is 0 Å². The number of halogens is 2. The van der Waals surface area contributed by atoms with Gasteiger partial charge in [-0.3, -0.25) is 9.59 Å². The predicted octanol–water partition coefficient (Wildman–Crippen LogP) is 3.36. The van der Waals surface area contributed by atoms with Crippen molar-refractivity contribution >= 4 is 46.5 Å². The van der Waals surface area contributed by atoms with Crippen LogP contribution in [0.25, 0.3) is 0 Å². The molecule has 0 fully saturated rings. The first-order valence-electron chi connectivity index (χ1n) is 7.16. The molecule has 128 valence electrons. The number of hydrogen-bond donors (Lipinski definition) is 1. The summed E-state index contributed by atoms with van der Waals surface area (Å²) in [6.07, 6.45) is 0. The molecule has 6 nitrogen and oxygen atoms in total. The molecule has 0 saturated carbocycles. The third-order valence-electron chi connectivity index (χ3n) is 3.42. The van der Waals surface area contributed by atoms with Crippen molar-refractivity contribution < 1.29 is 23.9 Å². The standard InChI is InChI=1S/C17H11Cl2NO5/c18-11-3-1-10(5-12(11)19)17(23)25-7-14(21)9-2-4-15-13(6-9)20-16(22)8-24-15/h1-6H,7-8H2,(H,20,22). The molecule has 1 aliphatic heterocycles. The summed E-state index contributed by atoms with van der Waals surface area (Å²) in [4.78, 5) is 35.5. The summed E-state index contributed by atoms with van der Waals surface area (Å²) in [5.41, 5.74) is 0.873. The Hall–Kier alpha value is -2.57. The van der Waals surface area contributed by atoms with Crippen LogP contribution in [0.3, 0.4) is 0 Å². The van der Waals surface area contributed by atoms with Gasteiger partial charge >= 0.3 is 5.97 Å². The average Bonchev–Trinajstić information content (AvgIpc) is 2.61. The van der Waals surface area contributed by atoms with Gasteiger partial charge in [-0.1, -0.05) is 23.2 Å². The number of carbonyl (C=O) groups excluding carboxylic acids is 3. The molecule has 2 aromatic rings. The molecule has 25 heavy (non-hydrogen) atoms. The zero-order chi connectivity index (χ0) is 18.0. The fraction of sp³-hybridized carbons (Fsp3) is 0.118. The zero-order valence-electron chi connectivity index (χ0n) is 12.7. The first-order chi connectivity index (χ1) is 11.9. The molecule has 0 aliphatic carbocycles. The maximum atomic E-state index is 12.2. The van der Waals surface area contributed by atoms with E-state index in [4.69, 9.17) is 32.7 Å². The molecule has 0 saturated heterocycles. The molecule has 1 N–H and O–H groups in total. The molecular weight excluding hydrogens is 369 g/mol. The largest absolute Gasteiger partial charge is 0.482 e. The Bertz CT molecular complexity index is 881. The van der Waals surface area contributed by atoms with Crippen LogP contribution in [0.15, 0.2) is 36.4 Å². The lowest BCUT2D eigenvalue weighted by Gasteiger charge is -2.18. The first kappa shape index (κ1) is 17.3. The van der Waals surface area contributed by atoms with E-state index in [2.05, 4.69) is 5.32 Å². The van der Waals surface area contributed by atoms with E-state index in [1.807, 2.05) is 0 Å². The van der Waals surface area contributed by atoms with Crippen molar-refractivity contribution in [2.45, 2.75) is 0 Å². The van der Waals surface area contributed by atoms with Crippen molar-refractivity contribution in [1.82, 2.24) is 0 Å². The number of ether oxygens (including phenoxy) is 2. The summed E-state index contributed by atoms with van der Waals surface area (Å²) in [5.74, 6) is -0.940. The van der Waals surface area contributed by atoms with E-state index in [-0.39, 0.29) is 28.7 Å². The van der Waals surface area contributed by atoms with Gasteiger partial charge in [0, 0.05) is 5.56 Å². The minimum absolute atomic E-state index is 0.0679. The second-order valence-corrected chi connectivity index (χ2v) is 5.99. The van der Waals surface area contributed by atoms with Crippen LogP contribution in [-0.2, 0) is 9.53 Å². The highest BCUT2D eigenvalue weighted by Gasteiger charge is 2.19. The minimum Gasteiger partial charge on any atom is -0.482 e. The van der Waals surface area contributed by atoms with Gasteiger partial charge in [-0.2, -0.15) is 0 Å². The Morgan fingerprint density at radius 2 is 1.84 bits per heavy atom. The number of rotatable bonds is 4. The van der Waals surface area contributed by atoms with Gasteiger partial charge in [-0.05, 0) is 36.4 Å². The van der Waals surface area contributed by atoms with Crippen LogP contribution in [0.2, 0.25) is 10.0 Å². The smallest absolute Gasteiger partial charge is 0.338 e. The molecular formula is C17H11Cl2NO5. The van der Waals surface area contributed by atoms with Crippen molar-refractivity contribution in [3.8, 4) is 5.75 Å². The normalized spacial score (nSPS) is 12.6. The van der Waals surface area contributed by atoms with E-state index in [0.717, 1.165) is 0 Å². The predicted molar refractivity (Wildman–Crippen MR) is 91.6 cm³/mol. The highest BCUT2D eigenvalue weighted by atomic mass is 35.5. The summed E-state index contributed by atoms with van der Waals surface area (Å²) < 4.78 is 10.2. The third-order valence-corrected chi connectivity index (χ3v) is 4.16. The fourth-order valence-electron chi connectivity index (χ4n) is 2.18. The Kier molecular flexibility index (Phi) is 4.92. The monoisotopic (exact) mass is 379 g/mol. The Morgan fingerprint density at radius 3 is 2.60 bits per heavy atom. The lowest BCUT2D eigenvalue weighted by atomic mass is 10.1. The van der Waals surface area contributed by atoms with Crippen LogP contribution in [-0.4, -0.2) is 30.9 Å². The van der Waals surface area contributed by atoms with Gasteiger partial charge < -0.3 is 14.8 Å². The number of nitrogens with one attached hydrogen (secondary N) is 1. The summed E-state index contributed by atoms with van der Waals surface area (Å²) in [6, 6.07) is 8.86. The van der Waals surface area contributed by atoms with Crippen molar-refractivity contribution in [3.05, 3.63) is 57.6 Å². The van der Waals surface area contributed by atoms with E-state index < -0.39 is 18.4 Å². The number of Topliss-reactive ketones (excluding diaryl/α,β-unsaturated/α-hetero) is 1. The Morgan fingerprint density at radius 1 is 1.08 bits per heavy atom. The maximum Gasteiger partial charge on any atom is 0.338 e.